The van der Waals surface area contributed by atoms with Crippen LogP contribution in [0.1, 0.15) is 13.3 Å². The number of hydrogen-bond donors (Lipinski definition) is 0. The van der Waals surface area contributed by atoms with Crippen LogP contribution in [0.25, 0.3) is 0 Å². The van der Waals surface area contributed by atoms with Gasteiger partial charge in [-0.1, -0.05) is 5.16 Å². The average molecular weight is 294 g/mol. The van der Waals surface area contributed by atoms with Crippen molar-refractivity contribution >= 4 is 24.1 Å². The third-order valence-electron chi connectivity index (χ3n) is 2.14. The van der Waals surface area contributed by atoms with E-state index in [1.165, 1.54) is 13.2 Å². The monoisotopic (exact) mass is 293 g/mol. The summed E-state index contributed by atoms with van der Waals surface area (Å²) in [6.07, 6.45) is 3.45. The summed E-state index contributed by atoms with van der Waals surface area (Å²) in [5.74, 6) is -0.136. The van der Waals surface area contributed by atoms with Crippen molar-refractivity contribution in [3.8, 4) is 0 Å². The van der Waals surface area contributed by atoms with E-state index in [2.05, 4.69) is 9.99 Å². The first-order valence-corrected chi connectivity index (χ1v) is 5.60. The van der Waals surface area contributed by atoms with Crippen LogP contribution in [0.4, 0.5) is 4.39 Å². The van der Waals surface area contributed by atoms with E-state index in [-0.39, 0.29) is 32.0 Å². The van der Waals surface area contributed by atoms with Crippen LogP contribution in [0.2, 0.25) is 0 Å². The predicted octanol–water partition coefficient (Wildman–Crippen LogP) is 2.17. The quantitative estimate of drug-likeness (QED) is 0.556. The maximum absolute atomic E-state index is 12.1. The van der Waals surface area contributed by atoms with E-state index in [0.29, 0.717) is 17.0 Å². The van der Waals surface area contributed by atoms with Crippen LogP contribution in [-0.2, 0) is 19.1 Å². The Morgan fingerprint density at radius 3 is 2.79 bits per heavy atom. The largest absolute Gasteiger partial charge is 0.494 e. The summed E-state index contributed by atoms with van der Waals surface area (Å²) in [5.41, 5.74) is 0.889. The van der Waals surface area contributed by atoms with Crippen molar-refractivity contribution in [1.82, 2.24) is 0 Å². The Morgan fingerprint density at radius 2 is 2.21 bits per heavy atom. The molecule has 0 radical (unpaired) electrons. The standard InChI is InChI=1S/C12H16FNO4.ClH/c1-3-17-12(15)10-5-4-9(14-16-2)8-11(10)18-7-6-13;/h4-5H,3,6-8H2,1-2H3;1H. The molecule has 0 aromatic heterocycles. The van der Waals surface area contributed by atoms with Gasteiger partial charge in [-0.05, 0) is 19.1 Å². The van der Waals surface area contributed by atoms with Gasteiger partial charge in [0.2, 0.25) is 0 Å². The van der Waals surface area contributed by atoms with Crippen molar-refractivity contribution in [3.05, 3.63) is 23.5 Å². The lowest BCUT2D eigenvalue weighted by atomic mass is 10.0. The molecule has 0 heterocycles. The van der Waals surface area contributed by atoms with Gasteiger partial charge < -0.3 is 14.3 Å². The molecule has 1 aliphatic rings. The van der Waals surface area contributed by atoms with E-state index < -0.39 is 12.6 Å². The smallest absolute Gasteiger partial charge is 0.341 e. The SMILES string of the molecule is CCOC(=O)C1=C(OCCF)CC(=NOC)C=C1.Cl. The van der Waals surface area contributed by atoms with Crippen LogP contribution >= 0.6 is 12.4 Å². The molecular weight excluding hydrogens is 277 g/mol. The van der Waals surface area contributed by atoms with Crippen molar-refractivity contribution in [2.75, 3.05) is 27.0 Å². The Balaban J connectivity index is 0.00000324. The van der Waals surface area contributed by atoms with Crippen LogP contribution in [0.15, 0.2) is 28.6 Å². The fourth-order valence-electron chi connectivity index (χ4n) is 1.45. The minimum atomic E-state index is -0.625. The minimum absolute atomic E-state index is 0. The molecule has 108 valence electrons. The van der Waals surface area contributed by atoms with Crippen molar-refractivity contribution in [1.29, 1.82) is 0 Å². The number of esters is 1. The van der Waals surface area contributed by atoms with Crippen LogP contribution in [0.5, 0.6) is 0 Å². The molecule has 0 fully saturated rings. The molecule has 0 spiro atoms. The average Bonchev–Trinajstić information content (AvgIpc) is 2.37. The van der Waals surface area contributed by atoms with Crippen LogP contribution in [-0.4, -0.2) is 38.7 Å². The molecule has 0 aliphatic heterocycles. The van der Waals surface area contributed by atoms with Crippen molar-refractivity contribution in [3.63, 3.8) is 0 Å². The zero-order valence-corrected chi connectivity index (χ0v) is 11.7. The predicted molar refractivity (Wildman–Crippen MR) is 71.0 cm³/mol. The van der Waals surface area contributed by atoms with Crippen LogP contribution in [0.3, 0.4) is 0 Å². The number of nitrogens with zero attached hydrogens (tertiary/aromatic N) is 1. The zero-order chi connectivity index (χ0) is 13.4. The molecule has 19 heavy (non-hydrogen) atoms. The Labute approximate surface area is 117 Å². The van der Waals surface area contributed by atoms with Crippen LogP contribution < -0.4 is 0 Å². The van der Waals surface area contributed by atoms with Gasteiger partial charge in [-0.15, -0.1) is 12.4 Å². The van der Waals surface area contributed by atoms with E-state index in [0.717, 1.165) is 0 Å². The highest BCUT2D eigenvalue weighted by Gasteiger charge is 2.21. The molecule has 0 unspecified atom stereocenters. The molecule has 0 atom stereocenters. The molecule has 1 rings (SSSR count). The second-order valence-electron chi connectivity index (χ2n) is 3.37. The van der Waals surface area contributed by atoms with Crippen molar-refractivity contribution in [2.45, 2.75) is 13.3 Å². The number of rotatable bonds is 6. The number of alkyl halides is 1. The van der Waals surface area contributed by atoms with Gasteiger partial charge in [0, 0.05) is 0 Å². The van der Waals surface area contributed by atoms with Crippen molar-refractivity contribution < 1.29 is 23.5 Å². The molecule has 0 saturated heterocycles. The van der Waals surface area contributed by atoms with Crippen molar-refractivity contribution in [2.24, 2.45) is 5.16 Å². The fraction of sp³-hybridized carbons (Fsp3) is 0.500. The summed E-state index contributed by atoms with van der Waals surface area (Å²) in [5, 5.41) is 3.75. The van der Waals surface area contributed by atoms with Gasteiger partial charge in [0.25, 0.3) is 0 Å². The highest BCUT2D eigenvalue weighted by Crippen LogP contribution is 2.20. The molecule has 0 aromatic rings. The van der Waals surface area contributed by atoms with E-state index >= 15 is 0 Å². The topological polar surface area (TPSA) is 57.1 Å². The Bertz CT molecular complexity index is 393. The van der Waals surface area contributed by atoms with E-state index in [9.17, 15) is 9.18 Å². The Hall–Kier alpha value is -1.56. The third-order valence-corrected chi connectivity index (χ3v) is 2.14. The summed E-state index contributed by atoms with van der Waals surface area (Å²) in [4.78, 5) is 16.3. The summed E-state index contributed by atoms with van der Waals surface area (Å²) >= 11 is 0. The Morgan fingerprint density at radius 1 is 1.47 bits per heavy atom. The zero-order valence-electron chi connectivity index (χ0n) is 10.8. The van der Waals surface area contributed by atoms with Gasteiger partial charge in [0.15, 0.2) is 0 Å². The van der Waals surface area contributed by atoms with E-state index in [4.69, 9.17) is 9.47 Å². The van der Waals surface area contributed by atoms with Gasteiger partial charge in [0.1, 0.15) is 26.2 Å². The lowest BCUT2D eigenvalue weighted by Gasteiger charge is -2.16. The second-order valence-corrected chi connectivity index (χ2v) is 3.37. The third kappa shape index (κ3) is 5.30. The normalized spacial score (nSPS) is 16.1. The lowest BCUT2D eigenvalue weighted by molar-refractivity contribution is -0.138. The minimum Gasteiger partial charge on any atom is -0.494 e. The van der Waals surface area contributed by atoms with Crippen LogP contribution in [0, 0.1) is 0 Å². The summed E-state index contributed by atoms with van der Waals surface area (Å²) < 4.78 is 22.2. The molecule has 0 bridgehead atoms. The highest BCUT2D eigenvalue weighted by molar-refractivity contribution is 6.03. The first-order chi connectivity index (χ1) is 8.72. The number of carbonyl (C=O) groups excluding carboxylic acids is 1. The highest BCUT2D eigenvalue weighted by atomic mass is 35.5. The van der Waals surface area contributed by atoms with Gasteiger partial charge in [-0.2, -0.15) is 0 Å². The molecular formula is C12H17ClFNO4. The molecule has 0 saturated carbocycles. The van der Waals surface area contributed by atoms with Gasteiger partial charge in [-0.3, -0.25) is 0 Å². The molecule has 0 N–H and O–H groups in total. The Kier molecular flexibility index (Phi) is 8.61. The number of halogens is 2. The maximum atomic E-state index is 12.1. The fourth-order valence-corrected chi connectivity index (χ4v) is 1.45. The summed E-state index contributed by atoms with van der Waals surface area (Å²) in [7, 11) is 1.42. The van der Waals surface area contributed by atoms with Gasteiger partial charge >= 0.3 is 5.97 Å². The first kappa shape index (κ1) is 17.4. The summed E-state index contributed by atoms with van der Waals surface area (Å²) in [6, 6.07) is 0. The molecule has 0 aromatic carbocycles. The number of oxime groups is 1. The molecule has 7 heteroatoms. The van der Waals surface area contributed by atoms with Gasteiger partial charge in [-0.25, -0.2) is 9.18 Å². The number of ether oxygens (including phenoxy) is 2. The molecule has 5 nitrogen and oxygen atoms in total. The van der Waals surface area contributed by atoms with Gasteiger partial charge in [0.05, 0.1) is 24.3 Å². The maximum Gasteiger partial charge on any atom is 0.341 e. The lowest BCUT2D eigenvalue weighted by Crippen LogP contribution is -2.16. The second kappa shape index (κ2) is 9.38. The number of hydrogen-bond acceptors (Lipinski definition) is 5. The van der Waals surface area contributed by atoms with E-state index in [1.807, 2.05) is 0 Å². The van der Waals surface area contributed by atoms with E-state index in [1.54, 1.807) is 13.0 Å². The number of carbonyl (C=O) groups is 1. The first-order valence-electron chi connectivity index (χ1n) is 5.60. The summed E-state index contributed by atoms with van der Waals surface area (Å²) in [6.45, 7) is 1.25. The number of allylic oxidation sites excluding steroid dienone is 2. The molecule has 1 aliphatic carbocycles. The molecule has 0 amide bonds.